The number of unbranched alkanes of at least 4 members (excludes halogenated alkanes) is 1. The highest BCUT2D eigenvalue weighted by molar-refractivity contribution is 6.10. The van der Waals surface area contributed by atoms with E-state index in [0.29, 0.717) is 41.4 Å². The SMILES string of the molecule is O=C(c1ccccc1)c1ccc(OCCCCOc2ccc(C(=O)c3ccccc3)c(O)c2)cc1. The Hall–Kier alpha value is -4.38. The number of ether oxygens (including phenoxy) is 2. The average Bonchev–Trinajstić information content (AvgIpc) is 2.91. The Bertz CT molecular complexity index is 1270. The summed E-state index contributed by atoms with van der Waals surface area (Å²) < 4.78 is 11.5. The normalized spacial score (nSPS) is 10.5. The minimum Gasteiger partial charge on any atom is -0.507 e. The van der Waals surface area contributed by atoms with Gasteiger partial charge in [-0.3, -0.25) is 9.59 Å². The number of phenols is 1. The number of aromatic hydroxyl groups is 1. The summed E-state index contributed by atoms with van der Waals surface area (Å²) in [5.74, 6) is 0.863. The van der Waals surface area contributed by atoms with Crippen LogP contribution in [0.1, 0.15) is 44.7 Å². The van der Waals surface area contributed by atoms with Crippen LogP contribution in [0.2, 0.25) is 0 Å². The highest BCUT2D eigenvalue weighted by Crippen LogP contribution is 2.26. The van der Waals surface area contributed by atoms with Gasteiger partial charge in [0.2, 0.25) is 0 Å². The second-order valence-corrected chi connectivity index (χ2v) is 8.00. The van der Waals surface area contributed by atoms with Crippen molar-refractivity contribution in [2.24, 2.45) is 0 Å². The van der Waals surface area contributed by atoms with E-state index in [0.717, 1.165) is 12.8 Å². The second-order valence-electron chi connectivity index (χ2n) is 8.00. The van der Waals surface area contributed by atoms with E-state index < -0.39 is 0 Å². The molecule has 0 bridgehead atoms. The number of rotatable bonds is 11. The van der Waals surface area contributed by atoms with Crippen molar-refractivity contribution in [1.82, 2.24) is 0 Å². The number of ketones is 2. The molecule has 0 heterocycles. The van der Waals surface area contributed by atoms with Crippen LogP contribution in [0.25, 0.3) is 0 Å². The van der Waals surface area contributed by atoms with Crippen LogP contribution in [0.15, 0.2) is 103 Å². The zero-order valence-corrected chi connectivity index (χ0v) is 19.2. The van der Waals surface area contributed by atoms with Crippen molar-refractivity contribution in [3.63, 3.8) is 0 Å². The Morgan fingerprint density at radius 2 is 1.06 bits per heavy atom. The van der Waals surface area contributed by atoms with E-state index in [1.54, 1.807) is 72.8 Å². The van der Waals surface area contributed by atoms with Crippen molar-refractivity contribution in [1.29, 1.82) is 0 Å². The van der Waals surface area contributed by atoms with E-state index >= 15 is 0 Å². The number of benzene rings is 4. The summed E-state index contributed by atoms with van der Waals surface area (Å²) in [5, 5.41) is 10.3. The van der Waals surface area contributed by atoms with Crippen molar-refractivity contribution in [3.05, 3.63) is 125 Å². The molecule has 0 spiro atoms. The monoisotopic (exact) mass is 466 g/mol. The summed E-state index contributed by atoms with van der Waals surface area (Å²) in [6, 6.07) is 29.9. The maximum absolute atomic E-state index is 12.5. The third kappa shape index (κ3) is 6.36. The summed E-state index contributed by atoms with van der Waals surface area (Å²) >= 11 is 0. The summed E-state index contributed by atoms with van der Waals surface area (Å²) in [4.78, 5) is 25.0. The number of carbonyl (C=O) groups is 2. The van der Waals surface area contributed by atoms with Gasteiger partial charge in [0, 0.05) is 22.8 Å². The van der Waals surface area contributed by atoms with Gasteiger partial charge in [0.05, 0.1) is 18.8 Å². The van der Waals surface area contributed by atoms with Crippen LogP contribution < -0.4 is 9.47 Å². The van der Waals surface area contributed by atoms with Crippen LogP contribution in [0.4, 0.5) is 0 Å². The van der Waals surface area contributed by atoms with Crippen molar-refractivity contribution >= 4 is 11.6 Å². The van der Waals surface area contributed by atoms with Gasteiger partial charge in [-0.1, -0.05) is 60.7 Å². The van der Waals surface area contributed by atoms with Gasteiger partial charge in [-0.25, -0.2) is 0 Å². The summed E-state index contributed by atoms with van der Waals surface area (Å²) in [7, 11) is 0. The van der Waals surface area contributed by atoms with Crippen molar-refractivity contribution in [2.45, 2.75) is 12.8 Å². The van der Waals surface area contributed by atoms with Crippen LogP contribution in [-0.2, 0) is 0 Å². The highest BCUT2D eigenvalue weighted by Gasteiger charge is 2.14. The lowest BCUT2D eigenvalue weighted by Gasteiger charge is -2.10. The van der Waals surface area contributed by atoms with Gasteiger partial charge >= 0.3 is 0 Å². The van der Waals surface area contributed by atoms with E-state index in [1.165, 1.54) is 6.07 Å². The first kappa shape index (κ1) is 23.8. The molecule has 4 rings (SSSR count). The van der Waals surface area contributed by atoms with Gasteiger partial charge in [-0.15, -0.1) is 0 Å². The molecule has 0 aliphatic heterocycles. The molecule has 0 aliphatic carbocycles. The van der Waals surface area contributed by atoms with Crippen LogP contribution in [0.5, 0.6) is 17.2 Å². The molecule has 0 saturated heterocycles. The van der Waals surface area contributed by atoms with Crippen LogP contribution in [0, 0.1) is 0 Å². The largest absolute Gasteiger partial charge is 0.507 e. The Balaban J connectivity index is 1.18. The molecule has 0 amide bonds. The standard InChI is InChI=1S/C30H26O5/c31-28-21-26(17-18-27(28)30(33)23-11-5-2-6-12-23)35-20-8-7-19-34-25-15-13-24(14-16-25)29(32)22-9-3-1-4-10-22/h1-6,9-18,21,31H,7-8,19-20H2. The lowest BCUT2D eigenvalue weighted by molar-refractivity contribution is 0.102. The minimum atomic E-state index is -0.232. The lowest BCUT2D eigenvalue weighted by atomic mass is 10.0. The molecule has 0 radical (unpaired) electrons. The van der Waals surface area contributed by atoms with E-state index in [9.17, 15) is 14.7 Å². The molecule has 0 aliphatic rings. The smallest absolute Gasteiger partial charge is 0.196 e. The molecule has 0 saturated carbocycles. The van der Waals surface area contributed by atoms with E-state index in [4.69, 9.17) is 9.47 Å². The first-order valence-corrected chi connectivity index (χ1v) is 11.5. The highest BCUT2D eigenvalue weighted by atomic mass is 16.5. The van der Waals surface area contributed by atoms with Crippen molar-refractivity contribution in [2.75, 3.05) is 13.2 Å². The molecule has 0 fully saturated rings. The summed E-state index contributed by atoms with van der Waals surface area (Å²) in [6.45, 7) is 0.977. The van der Waals surface area contributed by atoms with E-state index in [2.05, 4.69) is 0 Å². The Morgan fingerprint density at radius 3 is 1.63 bits per heavy atom. The third-order valence-electron chi connectivity index (χ3n) is 5.48. The fraction of sp³-hybridized carbons (Fsp3) is 0.133. The van der Waals surface area contributed by atoms with Gasteiger partial charge < -0.3 is 14.6 Å². The molecule has 5 heteroatoms. The maximum Gasteiger partial charge on any atom is 0.196 e. The molecular formula is C30H26O5. The number of phenolic OH excluding ortho intramolecular Hbond substituents is 1. The fourth-order valence-electron chi connectivity index (χ4n) is 3.58. The van der Waals surface area contributed by atoms with Gasteiger partial charge in [0.1, 0.15) is 17.2 Å². The number of hydrogen-bond donors (Lipinski definition) is 1. The van der Waals surface area contributed by atoms with Crippen LogP contribution in [0.3, 0.4) is 0 Å². The zero-order valence-electron chi connectivity index (χ0n) is 19.2. The predicted octanol–water partition coefficient (Wildman–Crippen LogP) is 6.09. The molecule has 5 nitrogen and oxygen atoms in total. The topological polar surface area (TPSA) is 72.8 Å². The molecule has 176 valence electrons. The molecule has 4 aromatic carbocycles. The van der Waals surface area contributed by atoms with Gasteiger partial charge in [0.15, 0.2) is 11.6 Å². The summed E-state index contributed by atoms with van der Waals surface area (Å²) in [6.07, 6.45) is 1.54. The lowest BCUT2D eigenvalue weighted by Crippen LogP contribution is -2.04. The van der Waals surface area contributed by atoms with Gasteiger partial charge in [-0.2, -0.15) is 0 Å². The molecule has 0 aromatic heterocycles. The van der Waals surface area contributed by atoms with Crippen LogP contribution >= 0.6 is 0 Å². The van der Waals surface area contributed by atoms with Gasteiger partial charge in [0.25, 0.3) is 0 Å². The number of hydrogen-bond acceptors (Lipinski definition) is 5. The second kappa shape index (κ2) is 11.7. The quantitative estimate of drug-likeness (QED) is 0.214. The predicted molar refractivity (Wildman–Crippen MR) is 135 cm³/mol. The Labute approximate surface area is 204 Å². The molecular weight excluding hydrogens is 440 g/mol. The Morgan fingerprint density at radius 1 is 0.571 bits per heavy atom. The van der Waals surface area contributed by atoms with Crippen molar-refractivity contribution in [3.8, 4) is 17.2 Å². The number of carbonyl (C=O) groups excluding carboxylic acids is 2. The maximum atomic E-state index is 12.5. The van der Waals surface area contributed by atoms with E-state index in [1.807, 2.05) is 24.3 Å². The fourth-order valence-corrected chi connectivity index (χ4v) is 3.58. The molecule has 35 heavy (non-hydrogen) atoms. The first-order valence-electron chi connectivity index (χ1n) is 11.5. The first-order chi connectivity index (χ1) is 17.1. The average molecular weight is 467 g/mol. The van der Waals surface area contributed by atoms with Crippen molar-refractivity contribution < 1.29 is 24.2 Å². The molecule has 1 N–H and O–H groups in total. The minimum absolute atomic E-state index is 0.0159. The van der Waals surface area contributed by atoms with Gasteiger partial charge in [-0.05, 0) is 49.2 Å². The third-order valence-corrected chi connectivity index (χ3v) is 5.48. The molecule has 4 aromatic rings. The van der Waals surface area contributed by atoms with E-state index in [-0.39, 0.29) is 22.9 Å². The summed E-state index contributed by atoms with van der Waals surface area (Å²) in [5.41, 5.74) is 2.05. The Kier molecular flexibility index (Phi) is 7.92. The zero-order chi connectivity index (χ0) is 24.5. The molecule has 0 atom stereocenters. The van der Waals surface area contributed by atoms with Crippen LogP contribution in [-0.4, -0.2) is 29.9 Å². The molecule has 0 unspecified atom stereocenters.